The molecule has 0 saturated heterocycles. The molecule has 4 aromatic carbocycles. The van der Waals surface area contributed by atoms with Gasteiger partial charge in [0.25, 0.3) is 0 Å². The van der Waals surface area contributed by atoms with Crippen LogP contribution in [0.2, 0.25) is 0 Å². The summed E-state index contributed by atoms with van der Waals surface area (Å²) in [5, 5.41) is 2.25. The molecule has 2 aromatic heterocycles. The predicted molar refractivity (Wildman–Crippen MR) is 156 cm³/mol. The lowest BCUT2D eigenvalue weighted by Crippen LogP contribution is -2.10. The average molecular weight is 487 g/mol. The molecule has 0 N–H and O–H groups in total. The summed E-state index contributed by atoms with van der Waals surface area (Å²) in [6, 6.07) is 28.0. The molecule has 6 aromatic rings. The molecule has 0 spiro atoms. The summed E-state index contributed by atoms with van der Waals surface area (Å²) in [4.78, 5) is 5.24. The molecule has 0 unspecified atom stereocenters. The summed E-state index contributed by atoms with van der Waals surface area (Å²) < 4.78 is 8.87. The summed E-state index contributed by atoms with van der Waals surface area (Å²) >= 11 is 0. The maximum atomic E-state index is 6.48. The number of furan rings is 1. The highest BCUT2D eigenvalue weighted by Gasteiger charge is 2.25. The quantitative estimate of drug-likeness (QED) is 0.243. The smallest absolute Gasteiger partial charge is 0.149 e. The van der Waals surface area contributed by atoms with Crippen molar-refractivity contribution in [1.82, 2.24) is 9.55 Å². The molecule has 0 amide bonds. The van der Waals surface area contributed by atoms with Crippen molar-refractivity contribution in [2.24, 2.45) is 0 Å². The van der Waals surface area contributed by atoms with Gasteiger partial charge in [0.15, 0.2) is 0 Å². The molecule has 0 aliphatic carbocycles. The van der Waals surface area contributed by atoms with Crippen LogP contribution in [0.3, 0.4) is 0 Å². The van der Waals surface area contributed by atoms with E-state index in [9.17, 15) is 0 Å². The summed E-state index contributed by atoms with van der Waals surface area (Å²) in [6.45, 7) is 13.8. The Labute approximate surface area is 218 Å². The van der Waals surface area contributed by atoms with Crippen LogP contribution in [-0.2, 0) is 0 Å². The minimum Gasteiger partial charge on any atom is -0.455 e. The Morgan fingerprint density at radius 1 is 0.676 bits per heavy atom. The summed E-state index contributed by atoms with van der Waals surface area (Å²) in [7, 11) is 0. The first-order valence-electron chi connectivity index (χ1n) is 13.4. The van der Waals surface area contributed by atoms with Crippen LogP contribution in [0.25, 0.3) is 50.0 Å². The van der Waals surface area contributed by atoms with Gasteiger partial charge in [0, 0.05) is 10.8 Å². The third-order valence-corrected chi connectivity index (χ3v) is 7.53. The fraction of sp³-hybridized carbons (Fsp3) is 0.265. The number of fused-ring (bicyclic) bond motifs is 4. The predicted octanol–water partition coefficient (Wildman–Crippen LogP) is 9.96. The molecular weight excluding hydrogens is 452 g/mol. The first-order chi connectivity index (χ1) is 17.8. The van der Waals surface area contributed by atoms with Gasteiger partial charge in [0.2, 0.25) is 0 Å². The van der Waals surface area contributed by atoms with Crippen LogP contribution in [0.5, 0.6) is 0 Å². The van der Waals surface area contributed by atoms with Crippen molar-refractivity contribution in [2.45, 2.75) is 59.3 Å². The Hall–Kier alpha value is -3.85. The minimum absolute atomic E-state index is 0.363. The van der Waals surface area contributed by atoms with E-state index < -0.39 is 0 Å². The van der Waals surface area contributed by atoms with E-state index in [4.69, 9.17) is 9.40 Å². The molecule has 37 heavy (non-hydrogen) atoms. The van der Waals surface area contributed by atoms with E-state index in [1.54, 1.807) is 0 Å². The number of hydrogen-bond acceptors (Lipinski definition) is 2. The van der Waals surface area contributed by atoms with Crippen molar-refractivity contribution in [3.05, 3.63) is 95.6 Å². The molecule has 0 fully saturated rings. The molecule has 2 heterocycles. The molecule has 0 saturated carbocycles. The first kappa shape index (κ1) is 23.5. The molecule has 0 bridgehead atoms. The summed E-state index contributed by atoms with van der Waals surface area (Å²) in [6.07, 6.45) is 0. The van der Waals surface area contributed by atoms with Crippen molar-refractivity contribution >= 4 is 33.0 Å². The van der Waals surface area contributed by atoms with Crippen LogP contribution in [0, 0.1) is 0 Å². The van der Waals surface area contributed by atoms with Gasteiger partial charge in [-0.3, -0.25) is 4.57 Å². The Kier molecular flexibility index (Phi) is 5.67. The van der Waals surface area contributed by atoms with Crippen LogP contribution in [0.4, 0.5) is 0 Å². The second-order valence-electron chi connectivity index (χ2n) is 11.1. The van der Waals surface area contributed by atoms with Gasteiger partial charge in [-0.1, -0.05) is 96.1 Å². The highest BCUT2D eigenvalue weighted by molar-refractivity contribution is 6.09. The van der Waals surface area contributed by atoms with Gasteiger partial charge in [-0.15, -0.1) is 0 Å². The van der Waals surface area contributed by atoms with E-state index in [1.165, 1.54) is 22.4 Å². The Morgan fingerprint density at radius 3 is 2.03 bits per heavy atom. The van der Waals surface area contributed by atoms with Crippen molar-refractivity contribution in [2.75, 3.05) is 0 Å². The number of nitrogens with zero attached hydrogens (tertiary/aromatic N) is 2. The maximum Gasteiger partial charge on any atom is 0.149 e. The molecule has 186 valence electrons. The Bertz CT molecular complexity index is 1730. The molecule has 0 aliphatic rings. The van der Waals surface area contributed by atoms with Crippen molar-refractivity contribution in [3.8, 4) is 17.1 Å². The van der Waals surface area contributed by atoms with Gasteiger partial charge in [0.1, 0.15) is 17.0 Å². The summed E-state index contributed by atoms with van der Waals surface area (Å²) in [5.74, 6) is 2.11. The molecule has 3 heteroatoms. The van der Waals surface area contributed by atoms with Crippen molar-refractivity contribution in [1.29, 1.82) is 0 Å². The molecule has 0 radical (unpaired) electrons. The van der Waals surface area contributed by atoms with Gasteiger partial charge < -0.3 is 4.42 Å². The van der Waals surface area contributed by atoms with E-state index >= 15 is 0 Å². The fourth-order valence-electron chi connectivity index (χ4n) is 5.53. The zero-order chi connectivity index (χ0) is 25.8. The van der Waals surface area contributed by atoms with Gasteiger partial charge in [-0.25, -0.2) is 4.98 Å². The van der Waals surface area contributed by atoms with Gasteiger partial charge >= 0.3 is 0 Å². The third kappa shape index (κ3) is 3.76. The topological polar surface area (TPSA) is 31.0 Å². The highest BCUT2D eigenvalue weighted by Crippen LogP contribution is 2.41. The zero-order valence-corrected chi connectivity index (χ0v) is 22.5. The largest absolute Gasteiger partial charge is 0.455 e. The van der Waals surface area contributed by atoms with E-state index in [1.807, 2.05) is 12.1 Å². The summed E-state index contributed by atoms with van der Waals surface area (Å²) in [5.41, 5.74) is 10.3. The van der Waals surface area contributed by atoms with Crippen molar-refractivity contribution < 1.29 is 4.42 Å². The van der Waals surface area contributed by atoms with Crippen LogP contribution >= 0.6 is 0 Å². The average Bonchev–Trinajstić information content (AvgIpc) is 3.46. The fourth-order valence-corrected chi connectivity index (χ4v) is 5.53. The lowest BCUT2D eigenvalue weighted by atomic mass is 9.87. The van der Waals surface area contributed by atoms with E-state index in [0.717, 1.165) is 44.4 Å². The number of hydrogen-bond donors (Lipinski definition) is 0. The number of aromatic nitrogens is 2. The van der Waals surface area contributed by atoms with Gasteiger partial charge in [-0.05, 0) is 58.7 Å². The molecule has 6 rings (SSSR count). The minimum atomic E-state index is 0.363. The second kappa shape index (κ2) is 8.92. The van der Waals surface area contributed by atoms with Crippen LogP contribution in [0.1, 0.15) is 76.0 Å². The van der Waals surface area contributed by atoms with Crippen LogP contribution in [-0.4, -0.2) is 9.55 Å². The second-order valence-corrected chi connectivity index (χ2v) is 11.1. The first-order valence-corrected chi connectivity index (χ1v) is 13.4. The molecule has 3 nitrogen and oxygen atoms in total. The molecule has 0 aliphatic heterocycles. The van der Waals surface area contributed by atoms with Gasteiger partial charge in [0.05, 0.1) is 22.3 Å². The maximum absolute atomic E-state index is 6.48. The number of rotatable bonds is 5. The van der Waals surface area contributed by atoms with Crippen LogP contribution in [0.15, 0.2) is 83.3 Å². The van der Waals surface area contributed by atoms with Gasteiger partial charge in [-0.2, -0.15) is 0 Å². The zero-order valence-electron chi connectivity index (χ0n) is 22.5. The number of para-hydroxylation sites is 4. The monoisotopic (exact) mass is 486 g/mol. The van der Waals surface area contributed by atoms with E-state index in [-0.39, 0.29) is 0 Å². The standard InChI is InChI=1S/C34H34N2O/c1-20(2)23-18-27(21(3)4)32(28(19-23)22(5)6)36-30-16-9-8-15-29(30)35-34(36)26-14-11-13-25-24-12-7-10-17-31(24)37-33(25)26/h7-22H,1-6H3. The number of benzene rings is 4. The van der Waals surface area contributed by atoms with Crippen LogP contribution < -0.4 is 0 Å². The van der Waals surface area contributed by atoms with E-state index in [0.29, 0.717) is 17.8 Å². The van der Waals surface area contributed by atoms with E-state index in [2.05, 4.69) is 113 Å². The molecule has 0 atom stereocenters. The molecular formula is C34H34N2O. The Morgan fingerprint density at radius 2 is 1.32 bits per heavy atom. The normalized spacial score (nSPS) is 12.2. The highest BCUT2D eigenvalue weighted by atomic mass is 16.3. The number of imidazole rings is 1. The Balaban J connectivity index is 1.76. The van der Waals surface area contributed by atoms with Crippen molar-refractivity contribution in [3.63, 3.8) is 0 Å². The third-order valence-electron chi connectivity index (χ3n) is 7.53. The lowest BCUT2D eigenvalue weighted by molar-refractivity contribution is 0.669. The SMILES string of the molecule is CC(C)c1cc(C(C)C)c(-n2c(-c3cccc4c3oc3ccccc34)nc3ccccc32)c(C(C)C)c1. The lowest BCUT2D eigenvalue weighted by Gasteiger charge is -2.25.